The van der Waals surface area contributed by atoms with E-state index in [1.165, 1.54) is 4.31 Å². The molecule has 1 aliphatic heterocycles. The number of amides is 1. The summed E-state index contributed by atoms with van der Waals surface area (Å²) in [5, 5.41) is 0. The van der Waals surface area contributed by atoms with Crippen molar-refractivity contribution in [2.24, 2.45) is 0 Å². The average Bonchev–Trinajstić information content (AvgIpc) is 2.15. The first-order chi connectivity index (χ1) is 4.25. The van der Waals surface area contributed by atoms with Crippen LogP contribution in [0.3, 0.4) is 0 Å². The summed E-state index contributed by atoms with van der Waals surface area (Å²) in [5.41, 5.74) is 0. The van der Waals surface area contributed by atoms with Crippen molar-refractivity contribution < 1.29 is 9.53 Å². The Hall–Kier alpha value is 0.0700. The average molecular weight is 168 g/mol. The van der Waals surface area contributed by atoms with Gasteiger partial charge in [-0.15, -0.1) is 0 Å². The number of ether oxygens (including phenoxy) is 1. The van der Waals surface area contributed by atoms with Gasteiger partial charge in [0.25, 0.3) is 5.91 Å². The van der Waals surface area contributed by atoms with Gasteiger partial charge in [-0.25, -0.2) is 4.31 Å². The van der Waals surface area contributed by atoms with Gasteiger partial charge in [-0.1, -0.05) is 0 Å². The SMILES string of the molecule is CC1OCN(SCl)C1=O. The minimum atomic E-state index is -0.323. The Kier molecular flexibility index (Phi) is 2.21. The van der Waals surface area contributed by atoms with E-state index in [4.69, 9.17) is 15.4 Å². The van der Waals surface area contributed by atoms with Crippen LogP contribution in [0.25, 0.3) is 0 Å². The summed E-state index contributed by atoms with van der Waals surface area (Å²) in [5.74, 6) is -0.0602. The van der Waals surface area contributed by atoms with Gasteiger partial charge in [0.1, 0.15) is 12.8 Å². The molecule has 9 heavy (non-hydrogen) atoms. The molecule has 0 aliphatic carbocycles. The second kappa shape index (κ2) is 2.77. The van der Waals surface area contributed by atoms with E-state index in [0.717, 1.165) is 11.2 Å². The van der Waals surface area contributed by atoms with Crippen molar-refractivity contribution in [1.82, 2.24) is 4.31 Å². The van der Waals surface area contributed by atoms with E-state index < -0.39 is 0 Å². The fourth-order valence-electron chi connectivity index (χ4n) is 0.571. The lowest BCUT2D eigenvalue weighted by atomic mass is 10.4. The summed E-state index contributed by atoms with van der Waals surface area (Å²) < 4.78 is 6.31. The smallest absolute Gasteiger partial charge is 0.264 e. The molecule has 0 radical (unpaired) electrons. The van der Waals surface area contributed by atoms with E-state index in [-0.39, 0.29) is 12.0 Å². The number of rotatable bonds is 1. The number of nitrogens with zero attached hydrogens (tertiary/aromatic N) is 1. The predicted molar refractivity (Wildman–Crippen MR) is 35.7 cm³/mol. The molecule has 0 aromatic rings. The van der Waals surface area contributed by atoms with Gasteiger partial charge in [0.05, 0.1) is 11.2 Å². The first kappa shape index (κ1) is 7.18. The van der Waals surface area contributed by atoms with Crippen molar-refractivity contribution in [2.75, 3.05) is 6.73 Å². The molecular weight excluding hydrogens is 162 g/mol. The van der Waals surface area contributed by atoms with Crippen molar-refractivity contribution in [2.45, 2.75) is 13.0 Å². The molecule has 1 aliphatic rings. The molecule has 52 valence electrons. The molecule has 0 bridgehead atoms. The van der Waals surface area contributed by atoms with Gasteiger partial charge in [-0.2, -0.15) is 0 Å². The molecule has 1 saturated heterocycles. The van der Waals surface area contributed by atoms with Crippen LogP contribution in [0.1, 0.15) is 6.92 Å². The summed E-state index contributed by atoms with van der Waals surface area (Å²) in [4.78, 5) is 10.8. The monoisotopic (exact) mass is 167 g/mol. The Morgan fingerprint density at radius 1 is 2.00 bits per heavy atom. The number of hydrogen-bond acceptors (Lipinski definition) is 3. The molecule has 1 rings (SSSR count). The largest absolute Gasteiger partial charge is 0.347 e. The zero-order chi connectivity index (χ0) is 6.85. The van der Waals surface area contributed by atoms with Gasteiger partial charge >= 0.3 is 0 Å². The summed E-state index contributed by atoms with van der Waals surface area (Å²) in [7, 11) is 5.31. The summed E-state index contributed by atoms with van der Waals surface area (Å²) >= 11 is 0.875. The molecule has 1 heterocycles. The van der Waals surface area contributed by atoms with Gasteiger partial charge in [-0.3, -0.25) is 4.79 Å². The lowest BCUT2D eigenvalue weighted by Gasteiger charge is -2.04. The fourth-order valence-corrected chi connectivity index (χ4v) is 1.21. The van der Waals surface area contributed by atoms with Crippen LogP contribution in [0.4, 0.5) is 0 Å². The Balaban J connectivity index is 2.51. The number of halogens is 1. The maximum absolute atomic E-state index is 10.8. The van der Waals surface area contributed by atoms with Crippen molar-refractivity contribution in [1.29, 1.82) is 0 Å². The van der Waals surface area contributed by atoms with E-state index >= 15 is 0 Å². The lowest BCUT2D eigenvalue weighted by molar-refractivity contribution is -0.125. The molecule has 1 amide bonds. The Bertz CT molecular complexity index is 132. The highest BCUT2D eigenvalue weighted by molar-refractivity contribution is 8.19. The van der Waals surface area contributed by atoms with Crippen LogP contribution in [0, 0.1) is 0 Å². The van der Waals surface area contributed by atoms with E-state index in [9.17, 15) is 4.79 Å². The zero-order valence-corrected chi connectivity index (χ0v) is 6.41. The summed E-state index contributed by atoms with van der Waals surface area (Å²) in [6.45, 7) is 2.00. The second-order valence-corrected chi connectivity index (χ2v) is 2.72. The highest BCUT2D eigenvalue weighted by atomic mass is 35.7. The van der Waals surface area contributed by atoms with Crippen molar-refractivity contribution in [3.63, 3.8) is 0 Å². The van der Waals surface area contributed by atoms with E-state index in [2.05, 4.69) is 0 Å². The predicted octanol–water partition coefficient (Wildman–Crippen LogP) is 0.993. The first-order valence-corrected chi connectivity index (χ1v) is 4.07. The number of carbonyl (C=O) groups is 1. The summed E-state index contributed by atoms with van der Waals surface area (Å²) in [6, 6.07) is 0. The van der Waals surface area contributed by atoms with Crippen LogP contribution in [-0.2, 0) is 9.53 Å². The Morgan fingerprint density at radius 3 is 2.89 bits per heavy atom. The molecule has 0 aromatic heterocycles. The van der Waals surface area contributed by atoms with Crippen LogP contribution >= 0.6 is 21.8 Å². The third-order valence-corrected chi connectivity index (χ3v) is 2.07. The Labute approximate surface area is 61.9 Å². The van der Waals surface area contributed by atoms with Crippen molar-refractivity contribution in [3.8, 4) is 0 Å². The topological polar surface area (TPSA) is 29.5 Å². The molecule has 0 aromatic carbocycles. The van der Waals surface area contributed by atoms with Gasteiger partial charge < -0.3 is 4.74 Å². The number of carbonyl (C=O) groups excluding carboxylic acids is 1. The molecule has 0 spiro atoms. The molecule has 0 N–H and O–H groups in total. The summed E-state index contributed by atoms with van der Waals surface area (Å²) in [6.07, 6.45) is -0.323. The van der Waals surface area contributed by atoms with Crippen LogP contribution in [0.15, 0.2) is 0 Å². The fraction of sp³-hybridized carbons (Fsp3) is 0.750. The minimum Gasteiger partial charge on any atom is -0.347 e. The molecule has 0 saturated carbocycles. The minimum absolute atomic E-state index is 0.0602. The van der Waals surface area contributed by atoms with Gasteiger partial charge in [0.2, 0.25) is 0 Å². The van der Waals surface area contributed by atoms with E-state index in [1.54, 1.807) is 6.92 Å². The van der Waals surface area contributed by atoms with Crippen molar-refractivity contribution in [3.05, 3.63) is 0 Å². The molecular formula is C4H6ClNO2S. The highest BCUT2D eigenvalue weighted by Gasteiger charge is 2.28. The second-order valence-electron chi connectivity index (χ2n) is 1.72. The maximum atomic E-state index is 10.8. The molecule has 3 nitrogen and oxygen atoms in total. The quantitative estimate of drug-likeness (QED) is 0.546. The Morgan fingerprint density at radius 2 is 2.67 bits per heavy atom. The van der Waals surface area contributed by atoms with Crippen molar-refractivity contribution >= 4 is 27.8 Å². The van der Waals surface area contributed by atoms with Crippen LogP contribution < -0.4 is 0 Å². The lowest BCUT2D eigenvalue weighted by Crippen LogP contribution is -2.20. The third kappa shape index (κ3) is 1.31. The third-order valence-electron chi connectivity index (χ3n) is 1.12. The standard InChI is InChI=1S/C4H6ClNO2S/c1-3-4(7)6(9-5)2-8-3/h3H,2H2,1H3. The highest BCUT2D eigenvalue weighted by Crippen LogP contribution is 2.21. The molecule has 1 fully saturated rings. The van der Waals surface area contributed by atoms with Crippen LogP contribution in [0.5, 0.6) is 0 Å². The van der Waals surface area contributed by atoms with Gasteiger partial charge in [-0.05, 0) is 17.6 Å². The van der Waals surface area contributed by atoms with E-state index in [1.807, 2.05) is 0 Å². The number of hydrogen-bond donors (Lipinski definition) is 0. The van der Waals surface area contributed by atoms with Gasteiger partial charge in [0.15, 0.2) is 0 Å². The zero-order valence-electron chi connectivity index (χ0n) is 4.83. The molecule has 5 heteroatoms. The van der Waals surface area contributed by atoms with Gasteiger partial charge in [0, 0.05) is 0 Å². The molecule has 1 unspecified atom stereocenters. The first-order valence-electron chi connectivity index (χ1n) is 2.47. The normalized spacial score (nSPS) is 27.6. The maximum Gasteiger partial charge on any atom is 0.264 e. The van der Waals surface area contributed by atoms with E-state index in [0.29, 0.717) is 6.73 Å². The van der Waals surface area contributed by atoms with Crippen LogP contribution in [-0.4, -0.2) is 23.0 Å². The molecule has 1 atom stereocenters. The van der Waals surface area contributed by atoms with Crippen LogP contribution in [0.2, 0.25) is 0 Å².